The fraction of sp³-hybridized carbons (Fsp3) is 0.818. The van der Waals surface area contributed by atoms with Crippen LogP contribution in [-0.2, 0) is 14.3 Å². The molecule has 0 unspecified atom stereocenters. The lowest BCUT2D eigenvalue weighted by Gasteiger charge is -2.20. The molecular formula is C11H21NO4. The molecule has 0 bridgehead atoms. The summed E-state index contributed by atoms with van der Waals surface area (Å²) in [7, 11) is 0. The standard InChI is InChI=1S/C11H21NO4/c1-6-15-9(13)8(2)7-12-10(14)16-11(3,4)5/h8H,6-7H2,1-5H3,(H,12,14)/t8-/m1/s1. The normalized spacial score (nSPS) is 12.8. The van der Waals surface area contributed by atoms with Gasteiger partial charge in [0.15, 0.2) is 0 Å². The summed E-state index contributed by atoms with van der Waals surface area (Å²) >= 11 is 0. The van der Waals surface area contributed by atoms with Gasteiger partial charge in [-0.05, 0) is 27.7 Å². The van der Waals surface area contributed by atoms with E-state index in [0.717, 1.165) is 0 Å². The van der Waals surface area contributed by atoms with Gasteiger partial charge >= 0.3 is 12.1 Å². The molecule has 94 valence electrons. The number of hydrogen-bond donors (Lipinski definition) is 1. The van der Waals surface area contributed by atoms with Gasteiger partial charge in [-0.3, -0.25) is 4.79 Å². The van der Waals surface area contributed by atoms with E-state index in [-0.39, 0.29) is 18.4 Å². The zero-order chi connectivity index (χ0) is 12.8. The van der Waals surface area contributed by atoms with Crippen LogP contribution in [0.3, 0.4) is 0 Å². The van der Waals surface area contributed by atoms with E-state index in [1.54, 1.807) is 34.6 Å². The Morgan fingerprint density at radius 2 is 1.88 bits per heavy atom. The van der Waals surface area contributed by atoms with Gasteiger partial charge in [0.05, 0.1) is 12.5 Å². The van der Waals surface area contributed by atoms with Crippen LogP contribution < -0.4 is 5.32 Å². The van der Waals surface area contributed by atoms with Crippen molar-refractivity contribution in [3.63, 3.8) is 0 Å². The highest BCUT2D eigenvalue weighted by Crippen LogP contribution is 2.06. The Balaban J connectivity index is 3.88. The Morgan fingerprint density at radius 1 is 1.31 bits per heavy atom. The smallest absolute Gasteiger partial charge is 0.407 e. The van der Waals surface area contributed by atoms with Gasteiger partial charge in [-0.1, -0.05) is 6.92 Å². The summed E-state index contributed by atoms with van der Waals surface area (Å²) in [5.41, 5.74) is -0.531. The zero-order valence-corrected chi connectivity index (χ0v) is 10.6. The van der Waals surface area contributed by atoms with Gasteiger partial charge in [0.2, 0.25) is 0 Å². The number of alkyl carbamates (subject to hydrolysis) is 1. The van der Waals surface area contributed by atoms with Crippen molar-refractivity contribution in [1.82, 2.24) is 5.32 Å². The highest BCUT2D eigenvalue weighted by atomic mass is 16.6. The first-order valence-corrected chi connectivity index (χ1v) is 5.39. The van der Waals surface area contributed by atoms with E-state index in [2.05, 4.69) is 5.32 Å². The monoisotopic (exact) mass is 231 g/mol. The quantitative estimate of drug-likeness (QED) is 0.748. The molecule has 0 aliphatic carbocycles. The molecule has 0 aliphatic rings. The van der Waals surface area contributed by atoms with Gasteiger partial charge in [0.25, 0.3) is 0 Å². The third-order valence-corrected chi connectivity index (χ3v) is 1.64. The van der Waals surface area contributed by atoms with E-state index in [9.17, 15) is 9.59 Å². The Labute approximate surface area is 96.5 Å². The zero-order valence-electron chi connectivity index (χ0n) is 10.6. The van der Waals surface area contributed by atoms with Gasteiger partial charge in [-0.2, -0.15) is 0 Å². The Bertz CT molecular complexity index is 245. The molecule has 0 spiro atoms. The van der Waals surface area contributed by atoms with Crippen LogP contribution in [0.4, 0.5) is 4.79 Å². The minimum absolute atomic E-state index is 0.216. The van der Waals surface area contributed by atoms with Crippen LogP contribution in [0.25, 0.3) is 0 Å². The van der Waals surface area contributed by atoms with Crippen molar-refractivity contribution in [1.29, 1.82) is 0 Å². The fourth-order valence-electron chi connectivity index (χ4n) is 0.918. The molecule has 0 radical (unpaired) electrons. The molecule has 0 aromatic carbocycles. The van der Waals surface area contributed by atoms with E-state index in [0.29, 0.717) is 6.61 Å². The van der Waals surface area contributed by atoms with E-state index in [1.165, 1.54) is 0 Å². The summed E-state index contributed by atoms with van der Waals surface area (Å²) in [5, 5.41) is 2.52. The van der Waals surface area contributed by atoms with E-state index in [4.69, 9.17) is 9.47 Å². The predicted molar refractivity (Wildman–Crippen MR) is 60.0 cm³/mol. The third-order valence-electron chi connectivity index (χ3n) is 1.64. The minimum atomic E-state index is -0.531. The van der Waals surface area contributed by atoms with Crippen molar-refractivity contribution >= 4 is 12.1 Å². The van der Waals surface area contributed by atoms with Gasteiger partial charge < -0.3 is 14.8 Å². The fourth-order valence-corrected chi connectivity index (χ4v) is 0.918. The molecule has 1 atom stereocenters. The largest absolute Gasteiger partial charge is 0.466 e. The van der Waals surface area contributed by atoms with E-state index < -0.39 is 11.7 Å². The van der Waals surface area contributed by atoms with Crippen LogP contribution in [0, 0.1) is 5.92 Å². The summed E-state index contributed by atoms with van der Waals surface area (Å²) in [6.07, 6.45) is -0.524. The number of nitrogens with one attached hydrogen (secondary N) is 1. The number of ether oxygens (including phenoxy) is 2. The number of amides is 1. The first-order valence-electron chi connectivity index (χ1n) is 5.39. The number of rotatable bonds is 4. The maximum atomic E-state index is 11.3. The Kier molecular flexibility index (Phi) is 5.85. The Morgan fingerprint density at radius 3 is 2.31 bits per heavy atom. The highest BCUT2D eigenvalue weighted by Gasteiger charge is 2.19. The molecule has 0 aromatic heterocycles. The third kappa shape index (κ3) is 7.09. The summed E-state index contributed by atoms with van der Waals surface area (Å²) in [4.78, 5) is 22.5. The van der Waals surface area contributed by atoms with Crippen molar-refractivity contribution < 1.29 is 19.1 Å². The van der Waals surface area contributed by atoms with Crippen LogP contribution in [0.5, 0.6) is 0 Å². The lowest BCUT2D eigenvalue weighted by molar-refractivity contribution is -0.147. The van der Waals surface area contributed by atoms with Crippen LogP contribution >= 0.6 is 0 Å². The first kappa shape index (κ1) is 14.7. The molecule has 1 N–H and O–H groups in total. The van der Waals surface area contributed by atoms with Crippen molar-refractivity contribution in [2.75, 3.05) is 13.2 Å². The molecule has 0 heterocycles. The topological polar surface area (TPSA) is 64.6 Å². The van der Waals surface area contributed by atoms with E-state index >= 15 is 0 Å². The van der Waals surface area contributed by atoms with Crippen molar-refractivity contribution in [3.8, 4) is 0 Å². The number of hydrogen-bond acceptors (Lipinski definition) is 4. The molecular weight excluding hydrogens is 210 g/mol. The van der Waals surface area contributed by atoms with E-state index in [1.807, 2.05) is 0 Å². The second kappa shape index (κ2) is 6.35. The highest BCUT2D eigenvalue weighted by molar-refractivity contribution is 5.74. The molecule has 5 heteroatoms. The van der Waals surface area contributed by atoms with Crippen molar-refractivity contribution in [2.24, 2.45) is 5.92 Å². The molecule has 1 amide bonds. The van der Waals surface area contributed by atoms with Crippen LogP contribution in [-0.4, -0.2) is 30.8 Å². The summed E-state index contributed by atoms with van der Waals surface area (Å²) < 4.78 is 9.83. The Hall–Kier alpha value is -1.26. The molecule has 0 aromatic rings. The average Bonchev–Trinajstić information content (AvgIpc) is 2.11. The molecule has 16 heavy (non-hydrogen) atoms. The number of esters is 1. The van der Waals surface area contributed by atoms with Crippen LogP contribution in [0.15, 0.2) is 0 Å². The molecule has 0 rings (SSSR count). The van der Waals surface area contributed by atoms with Crippen molar-refractivity contribution in [3.05, 3.63) is 0 Å². The summed E-state index contributed by atoms with van der Waals surface area (Å²) in [5.74, 6) is -0.689. The second-order valence-electron chi connectivity index (χ2n) is 4.54. The lowest BCUT2D eigenvalue weighted by atomic mass is 10.2. The van der Waals surface area contributed by atoms with Gasteiger partial charge in [-0.25, -0.2) is 4.79 Å². The predicted octanol–water partition coefficient (Wildman–Crippen LogP) is 1.71. The van der Waals surface area contributed by atoms with Gasteiger partial charge in [0, 0.05) is 6.54 Å². The molecule has 0 fully saturated rings. The molecule has 0 saturated carbocycles. The van der Waals surface area contributed by atoms with Crippen molar-refractivity contribution in [2.45, 2.75) is 40.2 Å². The number of carbonyl (C=O) groups excluding carboxylic acids is 2. The first-order chi connectivity index (χ1) is 7.26. The maximum absolute atomic E-state index is 11.3. The maximum Gasteiger partial charge on any atom is 0.407 e. The number of carbonyl (C=O) groups is 2. The molecule has 0 aliphatic heterocycles. The van der Waals surface area contributed by atoms with Crippen LogP contribution in [0.1, 0.15) is 34.6 Å². The second-order valence-corrected chi connectivity index (χ2v) is 4.54. The van der Waals surface area contributed by atoms with Crippen LogP contribution in [0.2, 0.25) is 0 Å². The molecule has 0 saturated heterocycles. The SMILES string of the molecule is CCOC(=O)[C@H](C)CNC(=O)OC(C)(C)C. The lowest BCUT2D eigenvalue weighted by Crippen LogP contribution is -2.36. The summed E-state index contributed by atoms with van der Waals surface area (Å²) in [6, 6.07) is 0. The molecule has 5 nitrogen and oxygen atoms in total. The van der Waals surface area contributed by atoms with Gasteiger partial charge in [-0.15, -0.1) is 0 Å². The van der Waals surface area contributed by atoms with Gasteiger partial charge in [0.1, 0.15) is 5.60 Å². The average molecular weight is 231 g/mol. The minimum Gasteiger partial charge on any atom is -0.466 e. The summed E-state index contributed by atoms with van der Waals surface area (Å²) in [6.45, 7) is 9.33.